The van der Waals surface area contributed by atoms with E-state index in [1.807, 2.05) is 4.90 Å². The Morgan fingerprint density at radius 2 is 2.24 bits per heavy atom. The molecule has 0 saturated carbocycles. The number of aromatic nitrogens is 2. The maximum atomic E-state index is 11.4. The zero-order valence-electron chi connectivity index (χ0n) is 12.4. The van der Waals surface area contributed by atoms with Gasteiger partial charge in [-0.15, -0.1) is 0 Å². The maximum absolute atomic E-state index is 11.4. The van der Waals surface area contributed by atoms with Gasteiger partial charge in [-0.2, -0.15) is 4.98 Å². The van der Waals surface area contributed by atoms with Crippen LogP contribution in [0, 0.1) is 22.0 Å². The zero-order valence-corrected chi connectivity index (χ0v) is 12.4. The van der Waals surface area contributed by atoms with E-state index >= 15 is 0 Å². The van der Waals surface area contributed by atoms with Crippen molar-refractivity contribution in [3.63, 3.8) is 0 Å². The molecule has 0 aliphatic carbocycles. The SMILES string of the molecule is COc1ncnc(N2CC3CNCC3C2(C)C)c1[N+](=O)[O-]. The molecule has 0 bridgehead atoms. The molecule has 2 saturated heterocycles. The lowest BCUT2D eigenvalue weighted by molar-refractivity contribution is -0.385. The van der Waals surface area contributed by atoms with E-state index in [0.29, 0.717) is 17.7 Å². The highest BCUT2D eigenvalue weighted by Crippen LogP contribution is 2.46. The largest absolute Gasteiger partial charge is 0.476 e. The van der Waals surface area contributed by atoms with Gasteiger partial charge in [0, 0.05) is 25.2 Å². The second-order valence-electron chi connectivity index (χ2n) is 6.10. The minimum atomic E-state index is -0.462. The zero-order chi connectivity index (χ0) is 15.2. The first-order valence-corrected chi connectivity index (χ1v) is 6.98. The summed E-state index contributed by atoms with van der Waals surface area (Å²) in [4.78, 5) is 21.0. The third-order valence-corrected chi connectivity index (χ3v) is 4.76. The van der Waals surface area contributed by atoms with Gasteiger partial charge < -0.3 is 15.0 Å². The van der Waals surface area contributed by atoms with Crippen LogP contribution in [-0.2, 0) is 0 Å². The molecular weight excluding hydrogens is 274 g/mol. The van der Waals surface area contributed by atoms with Crippen molar-refractivity contribution in [2.24, 2.45) is 11.8 Å². The van der Waals surface area contributed by atoms with Crippen molar-refractivity contribution in [1.29, 1.82) is 0 Å². The molecule has 2 atom stereocenters. The number of hydrogen-bond acceptors (Lipinski definition) is 7. The number of methoxy groups -OCH3 is 1. The molecule has 2 unspecified atom stereocenters. The second-order valence-corrected chi connectivity index (χ2v) is 6.10. The fourth-order valence-corrected chi connectivity index (χ4v) is 3.64. The van der Waals surface area contributed by atoms with Gasteiger partial charge in [-0.1, -0.05) is 0 Å². The molecule has 2 aliphatic rings. The average molecular weight is 293 g/mol. The first kappa shape index (κ1) is 14.0. The van der Waals surface area contributed by atoms with Gasteiger partial charge in [0.2, 0.25) is 5.82 Å². The van der Waals surface area contributed by atoms with Crippen LogP contribution in [0.1, 0.15) is 13.8 Å². The van der Waals surface area contributed by atoms with E-state index in [9.17, 15) is 10.1 Å². The van der Waals surface area contributed by atoms with Crippen molar-refractivity contribution in [2.75, 3.05) is 31.6 Å². The van der Waals surface area contributed by atoms with Crippen LogP contribution in [0.2, 0.25) is 0 Å². The predicted molar refractivity (Wildman–Crippen MR) is 76.5 cm³/mol. The van der Waals surface area contributed by atoms with E-state index in [0.717, 1.165) is 19.6 Å². The van der Waals surface area contributed by atoms with Crippen molar-refractivity contribution in [3.8, 4) is 5.88 Å². The van der Waals surface area contributed by atoms with Crippen LogP contribution < -0.4 is 15.0 Å². The molecule has 2 fully saturated rings. The van der Waals surface area contributed by atoms with Crippen LogP contribution in [0.5, 0.6) is 5.88 Å². The highest BCUT2D eigenvalue weighted by atomic mass is 16.6. The number of nitro groups is 1. The Bertz CT molecular complexity index is 577. The fraction of sp³-hybridized carbons (Fsp3) is 0.692. The lowest BCUT2D eigenvalue weighted by atomic mass is 9.85. The second kappa shape index (κ2) is 4.80. The predicted octanol–water partition coefficient (Wildman–Crippen LogP) is 0.828. The van der Waals surface area contributed by atoms with Gasteiger partial charge in [0.15, 0.2) is 0 Å². The Kier molecular flexibility index (Phi) is 3.20. The van der Waals surface area contributed by atoms with E-state index in [4.69, 9.17) is 4.74 Å². The number of anilines is 1. The monoisotopic (exact) mass is 293 g/mol. The van der Waals surface area contributed by atoms with E-state index in [1.54, 1.807) is 0 Å². The summed E-state index contributed by atoms with van der Waals surface area (Å²) >= 11 is 0. The molecule has 1 N–H and O–H groups in total. The molecule has 3 heterocycles. The number of ether oxygens (including phenoxy) is 1. The topological polar surface area (TPSA) is 93.4 Å². The third kappa shape index (κ3) is 2.01. The Morgan fingerprint density at radius 1 is 1.48 bits per heavy atom. The minimum absolute atomic E-state index is 0.0102. The highest BCUT2D eigenvalue weighted by molar-refractivity contribution is 5.64. The van der Waals surface area contributed by atoms with Gasteiger partial charge in [-0.3, -0.25) is 10.1 Å². The van der Waals surface area contributed by atoms with Gasteiger partial charge in [0.1, 0.15) is 6.33 Å². The molecule has 1 aromatic heterocycles. The molecule has 8 heteroatoms. The van der Waals surface area contributed by atoms with Gasteiger partial charge in [-0.25, -0.2) is 4.98 Å². The molecule has 0 amide bonds. The smallest absolute Gasteiger partial charge is 0.372 e. The molecule has 21 heavy (non-hydrogen) atoms. The molecule has 8 nitrogen and oxygen atoms in total. The van der Waals surface area contributed by atoms with Crippen LogP contribution in [0.25, 0.3) is 0 Å². The van der Waals surface area contributed by atoms with Crippen LogP contribution in [-0.4, -0.2) is 47.2 Å². The van der Waals surface area contributed by atoms with Crippen molar-refractivity contribution in [3.05, 3.63) is 16.4 Å². The Labute approximate surface area is 122 Å². The van der Waals surface area contributed by atoms with Gasteiger partial charge in [0.25, 0.3) is 5.88 Å². The lowest BCUT2D eigenvalue weighted by Crippen LogP contribution is -2.45. The summed E-state index contributed by atoms with van der Waals surface area (Å²) in [7, 11) is 1.38. The Morgan fingerprint density at radius 3 is 2.86 bits per heavy atom. The quantitative estimate of drug-likeness (QED) is 0.651. The van der Waals surface area contributed by atoms with Crippen molar-refractivity contribution < 1.29 is 9.66 Å². The molecule has 3 rings (SSSR count). The maximum Gasteiger partial charge on any atom is 0.372 e. The summed E-state index contributed by atoms with van der Waals surface area (Å²) in [5, 5.41) is 14.8. The molecule has 1 aromatic rings. The number of hydrogen-bond donors (Lipinski definition) is 1. The number of rotatable bonds is 3. The molecule has 0 radical (unpaired) electrons. The van der Waals surface area contributed by atoms with Gasteiger partial charge in [-0.05, 0) is 25.7 Å². The highest BCUT2D eigenvalue weighted by Gasteiger charge is 2.51. The van der Waals surface area contributed by atoms with Crippen LogP contribution in [0.15, 0.2) is 6.33 Å². The first-order valence-electron chi connectivity index (χ1n) is 6.98. The standard InChI is InChI=1S/C13H19N5O3/c1-13(2)9-5-14-4-8(9)6-17(13)11-10(18(19)20)12(21-3)16-7-15-11/h7-9,14H,4-6H2,1-3H3. The van der Waals surface area contributed by atoms with E-state index in [-0.39, 0.29) is 17.1 Å². The van der Waals surface area contributed by atoms with Crippen molar-refractivity contribution >= 4 is 11.5 Å². The summed E-state index contributed by atoms with van der Waals surface area (Å²) in [6, 6.07) is 0. The van der Waals surface area contributed by atoms with E-state index in [1.165, 1.54) is 13.4 Å². The lowest BCUT2D eigenvalue weighted by Gasteiger charge is -2.36. The third-order valence-electron chi connectivity index (χ3n) is 4.76. The summed E-state index contributed by atoms with van der Waals surface area (Å²) in [5.74, 6) is 1.31. The normalized spacial score (nSPS) is 26.7. The van der Waals surface area contributed by atoms with Crippen molar-refractivity contribution in [1.82, 2.24) is 15.3 Å². The van der Waals surface area contributed by atoms with Crippen molar-refractivity contribution in [2.45, 2.75) is 19.4 Å². The summed E-state index contributed by atoms with van der Waals surface area (Å²) in [6.45, 7) is 6.86. The first-order chi connectivity index (χ1) is 9.96. The minimum Gasteiger partial charge on any atom is -0.476 e. The van der Waals surface area contributed by atoms with E-state index < -0.39 is 4.92 Å². The Hall–Kier alpha value is -1.96. The molecule has 2 aliphatic heterocycles. The molecule has 114 valence electrons. The van der Waals surface area contributed by atoms with Crippen LogP contribution in [0.3, 0.4) is 0 Å². The number of fused-ring (bicyclic) bond motifs is 1. The fourth-order valence-electron chi connectivity index (χ4n) is 3.64. The average Bonchev–Trinajstić information content (AvgIpc) is 3.00. The van der Waals surface area contributed by atoms with E-state index in [2.05, 4.69) is 29.1 Å². The Balaban J connectivity index is 2.07. The van der Waals surface area contributed by atoms with Gasteiger partial charge in [0.05, 0.1) is 12.0 Å². The van der Waals surface area contributed by atoms with Crippen LogP contribution in [0.4, 0.5) is 11.5 Å². The van der Waals surface area contributed by atoms with Crippen LogP contribution >= 0.6 is 0 Å². The molecule has 0 aromatic carbocycles. The summed E-state index contributed by atoms with van der Waals surface area (Å²) in [6.07, 6.45) is 1.32. The van der Waals surface area contributed by atoms with Gasteiger partial charge >= 0.3 is 5.69 Å². The number of nitrogens with zero attached hydrogens (tertiary/aromatic N) is 4. The summed E-state index contributed by atoms with van der Waals surface area (Å²) < 4.78 is 5.04. The summed E-state index contributed by atoms with van der Waals surface area (Å²) in [5.41, 5.74) is -0.348. The molecular formula is C13H19N5O3. The number of nitrogens with one attached hydrogen (secondary N) is 1. The molecule has 0 spiro atoms.